The van der Waals surface area contributed by atoms with Gasteiger partial charge in [0.05, 0.1) is 5.89 Å². The van der Waals surface area contributed by atoms with Gasteiger partial charge in [0.1, 0.15) is 0 Å². The molecule has 1 saturated carbocycles. The molecule has 0 N–H and O–H groups in total. The van der Waals surface area contributed by atoms with E-state index in [2.05, 4.69) is 44.7 Å². The van der Waals surface area contributed by atoms with Crippen LogP contribution in [-0.4, -0.2) is 33.0 Å². The average molecular weight is 598 g/mol. The number of hydrogen-bond donors (Lipinski definition) is 0. The fourth-order valence-corrected chi connectivity index (χ4v) is 2.78. The van der Waals surface area contributed by atoms with Gasteiger partial charge in [-0.25, -0.2) is 5.10 Å². The van der Waals surface area contributed by atoms with Crippen LogP contribution in [0.5, 0.6) is 0 Å². The van der Waals surface area contributed by atoms with E-state index in [9.17, 15) is 22.8 Å². The van der Waals surface area contributed by atoms with Crippen molar-refractivity contribution in [1.82, 2.24) is 20.4 Å². The molecule has 1 fully saturated rings. The Morgan fingerprint density at radius 1 is 1.32 bits per heavy atom. The zero-order chi connectivity index (χ0) is 26.7. The molecule has 1 aliphatic carbocycles. The number of benzene rings is 1. The fraction of sp³-hybridized carbons (Fsp3) is 0.208. The van der Waals surface area contributed by atoms with Crippen molar-refractivity contribution in [3.63, 3.8) is 0 Å². The van der Waals surface area contributed by atoms with Gasteiger partial charge < -0.3 is 43.4 Å². The molecule has 1 aromatic carbocycles. The molecule has 0 atom stereocenters. The summed E-state index contributed by atoms with van der Waals surface area (Å²) in [6.45, 7) is 10.6. The molecule has 0 unspecified atom stereocenters. The maximum absolute atomic E-state index is 12.5. The van der Waals surface area contributed by atoms with E-state index in [-0.39, 0.29) is 51.5 Å². The summed E-state index contributed by atoms with van der Waals surface area (Å²) in [5.74, 6) is 7.62. The minimum Gasteiger partial charge on any atom is -0.456 e. The van der Waals surface area contributed by atoms with E-state index >= 15 is 0 Å². The molecule has 0 saturated heterocycles. The molecular formula is C24H15ClF3LiN4NiO3S-2. The van der Waals surface area contributed by atoms with Crippen molar-refractivity contribution in [2.75, 3.05) is 0 Å². The normalized spacial score (nSPS) is 12.0. The monoisotopic (exact) mass is 596 g/mol. The second kappa shape index (κ2) is 17.0. The van der Waals surface area contributed by atoms with Crippen LogP contribution in [-0.2, 0) is 32.3 Å². The van der Waals surface area contributed by atoms with Crippen molar-refractivity contribution in [3.8, 4) is 11.8 Å². The Hall–Kier alpha value is -2.66. The summed E-state index contributed by atoms with van der Waals surface area (Å²) in [4.78, 5) is 20.7. The summed E-state index contributed by atoms with van der Waals surface area (Å²) in [5.41, 5.74) is 0.668. The van der Waals surface area contributed by atoms with Crippen LogP contribution in [0.4, 0.5) is 13.2 Å². The zero-order valence-corrected chi connectivity index (χ0v) is 22.4. The van der Waals surface area contributed by atoms with Gasteiger partial charge >= 0.3 is 41.5 Å². The molecule has 196 valence electrons. The molecule has 14 heteroatoms. The van der Waals surface area contributed by atoms with E-state index in [4.69, 9.17) is 22.6 Å². The van der Waals surface area contributed by atoms with Crippen molar-refractivity contribution in [1.29, 1.82) is 0 Å². The number of alkyl halides is 3. The number of hydrogen-bond acceptors (Lipinski definition) is 8. The van der Waals surface area contributed by atoms with E-state index in [1.807, 2.05) is 0 Å². The van der Waals surface area contributed by atoms with Crippen LogP contribution in [0, 0.1) is 43.7 Å². The van der Waals surface area contributed by atoms with Gasteiger partial charge in [0, 0.05) is 23.4 Å². The first kappa shape index (κ1) is 35.3. The van der Waals surface area contributed by atoms with Gasteiger partial charge in [0.25, 0.3) is 0 Å². The van der Waals surface area contributed by atoms with Gasteiger partial charge in [-0.2, -0.15) is 18.7 Å². The van der Waals surface area contributed by atoms with E-state index in [0.717, 1.165) is 17.1 Å². The summed E-state index contributed by atoms with van der Waals surface area (Å²) in [6, 6.07) is 2.46. The standard InChI is InChI=1S/C13H5ClF3O2.C7H5N2S.C4H5N2O.Li.Ni/c1-8(9(7-19)4-5-18)11-6-10(13(15,16)17)2-3-12(11)14;1-2-6(1)3-4-7-9-8-5-10-7;1-3-5-6-4(2)7-3;;/h1-4,6H;6H,1-2H2;1H2,2H3;;/q-3;2*-1;+1;+2/b9-4-;;;;. The molecule has 0 amide bonds. The molecular weight excluding hydrogens is 582 g/mol. The van der Waals surface area contributed by atoms with Crippen molar-refractivity contribution < 1.29 is 62.5 Å². The third-order valence-corrected chi connectivity index (χ3v) is 4.92. The number of carbonyl (C=O) groups excluding carboxylic acids is 2. The SMILES string of the molecule is C(#CC1CC1)c1nn[c-]s1.[CH-]=C(/C([C-]=O)=C\[C-]=O)c1cc(C(F)(F)F)ccc1Cl.[CH2-]c1nnc(C)o1.[Li+].[Ni+2]. The van der Waals surface area contributed by atoms with Gasteiger partial charge in [-0.1, -0.05) is 35.5 Å². The minimum atomic E-state index is -4.58. The van der Waals surface area contributed by atoms with Crippen LogP contribution >= 0.6 is 22.9 Å². The Bertz CT molecular complexity index is 1280. The number of aryl methyl sites for hydroxylation is 1. The van der Waals surface area contributed by atoms with Crippen LogP contribution in [0.1, 0.15) is 40.8 Å². The van der Waals surface area contributed by atoms with E-state index in [1.54, 1.807) is 6.92 Å². The third kappa shape index (κ3) is 12.3. The predicted molar refractivity (Wildman–Crippen MR) is 125 cm³/mol. The molecule has 0 bridgehead atoms. The van der Waals surface area contributed by atoms with Crippen molar-refractivity contribution in [2.24, 2.45) is 5.92 Å². The van der Waals surface area contributed by atoms with Gasteiger partial charge in [-0.15, -0.1) is 28.1 Å². The first-order chi connectivity index (χ1) is 17.0. The molecule has 0 radical (unpaired) electrons. The van der Waals surface area contributed by atoms with Crippen LogP contribution in [0.15, 0.2) is 34.3 Å². The molecule has 2 heterocycles. The number of halogens is 4. The molecule has 0 aliphatic heterocycles. The number of rotatable bonds is 4. The van der Waals surface area contributed by atoms with Gasteiger partial charge in [-0.3, -0.25) is 17.8 Å². The molecule has 1 aliphatic rings. The quantitative estimate of drug-likeness (QED) is 0.149. The largest absolute Gasteiger partial charge is 2.00 e. The average Bonchev–Trinajstić information content (AvgIpc) is 3.36. The maximum Gasteiger partial charge on any atom is 2.00 e. The van der Waals surface area contributed by atoms with Gasteiger partial charge in [-0.05, 0) is 24.2 Å². The summed E-state index contributed by atoms with van der Waals surface area (Å²) in [5, 5.41) is 15.0. The summed E-state index contributed by atoms with van der Waals surface area (Å²) >= 11 is 7.09. The smallest absolute Gasteiger partial charge is 0.456 e. The predicted octanol–water partition coefficient (Wildman–Crippen LogP) is 1.98. The number of allylic oxidation sites excluding steroid dienone is 3. The number of nitrogens with zero attached hydrogens (tertiary/aromatic N) is 4. The van der Waals surface area contributed by atoms with Gasteiger partial charge in [0.2, 0.25) is 5.89 Å². The molecule has 2 aromatic heterocycles. The zero-order valence-electron chi connectivity index (χ0n) is 19.8. The second-order valence-electron chi connectivity index (χ2n) is 6.84. The Morgan fingerprint density at radius 2 is 2.00 bits per heavy atom. The van der Waals surface area contributed by atoms with Crippen molar-refractivity contribution in [3.05, 3.63) is 81.8 Å². The van der Waals surface area contributed by atoms with E-state index < -0.39 is 17.3 Å². The minimum absolute atomic E-state index is 0. The van der Waals surface area contributed by atoms with E-state index in [1.165, 1.54) is 36.8 Å². The van der Waals surface area contributed by atoms with Crippen LogP contribution in [0.3, 0.4) is 0 Å². The molecule has 4 rings (SSSR count). The molecule has 3 aromatic rings. The fourth-order valence-electron chi connectivity index (χ4n) is 2.20. The third-order valence-electron chi connectivity index (χ3n) is 4.04. The van der Waals surface area contributed by atoms with E-state index in [0.29, 0.717) is 29.8 Å². The second-order valence-corrected chi connectivity index (χ2v) is 8.02. The summed E-state index contributed by atoms with van der Waals surface area (Å²) in [7, 11) is 0. The Labute approximate surface area is 248 Å². The Balaban J connectivity index is 0.000000599. The molecule has 38 heavy (non-hydrogen) atoms. The van der Waals surface area contributed by atoms with Crippen LogP contribution < -0.4 is 18.9 Å². The van der Waals surface area contributed by atoms with Crippen molar-refractivity contribution >= 4 is 41.1 Å². The molecule has 7 nitrogen and oxygen atoms in total. The Morgan fingerprint density at radius 3 is 2.42 bits per heavy atom. The van der Waals surface area contributed by atoms with Crippen molar-refractivity contribution in [2.45, 2.75) is 25.9 Å². The first-order valence-electron chi connectivity index (χ1n) is 9.84. The first-order valence-corrected chi connectivity index (χ1v) is 11.0. The topological polar surface area (TPSA) is 98.8 Å². The number of aromatic nitrogens is 4. The summed E-state index contributed by atoms with van der Waals surface area (Å²) < 4.78 is 42.4. The maximum atomic E-state index is 12.5. The Kier molecular flexibility index (Phi) is 15.8. The molecule has 0 spiro atoms. The summed E-state index contributed by atoms with van der Waals surface area (Å²) in [6.07, 6.45) is 1.23. The van der Waals surface area contributed by atoms with Crippen LogP contribution in [0.25, 0.3) is 5.57 Å². The van der Waals surface area contributed by atoms with Crippen LogP contribution in [0.2, 0.25) is 5.02 Å². The van der Waals surface area contributed by atoms with Gasteiger partial charge in [0.15, 0.2) is 0 Å².